The summed E-state index contributed by atoms with van der Waals surface area (Å²) >= 11 is 1.85. The molecule has 2 rings (SSSR count). The van der Waals surface area contributed by atoms with Gasteiger partial charge in [0.15, 0.2) is 0 Å². The Morgan fingerprint density at radius 3 is 2.82 bits per heavy atom. The fraction of sp³-hybridized carbons (Fsp3) is 0.692. The van der Waals surface area contributed by atoms with Gasteiger partial charge in [-0.2, -0.15) is 0 Å². The van der Waals surface area contributed by atoms with Crippen molar-refractivity contribution in [3.05, 3.63) is 17.0 Å². The second-order valence-corrected chi connectivity index (χ2v) is 5.98. The van der Waals surface area contributed by atoms with Crippen LogP contribution in [0, 0.1) is 0 Å². The van der Waals surface area contributed by atoms with Crippen molar-refractivity contribution in [3.8, 4) is 0 Å². The summed E-state index contributed by atoms with van der Waals surface area (Å²) in [7, 11) is 0. The summed E-state index contributed by atoms with van der Waals surface area (Å²) in [5, 5.41) is 10.8. The Kier molecular flexibility index (Phi) is 4.42. The standard InChI is InChI=1S/C13H22N2OS/c1-2-10(14)9-12-3-4-13(17-12)15-7-5-11(16)6-8-15/h3-4,10-11,16H,2,5-9,14H2,1H3. The Hall–Kier alpha value is -0.580. The van der Waals surface area contributed by atoms with Crippen LogP contribution in [0.25, 0.3) is 0 Å². The Balaban J connectivity index is 1.93. The van der Waals surface area contributed by atoms with E-state index < -0.39 is 0 Å². The molecule has 0 saturated carbocycles. The van der Waals surface area contributed by atoms with Crippen LogP contribution in [0.4, 0.5) is 5.00 Å². The van der Waals surface area contributed by atoms with E-state index in [1.165, 1.54) is 9.88 Å². The van der Waals surface area contributed by atoms with Crippen molar-refractivity contribution < 1.29 is 5.11 Å². The van der Waals surface area contributed by atoms with E-state index in [0.717, 1.165) is 38.8 Å². The highest BCUT2D eigenvalue weighted by molar-refractivity contribution is 7.16. The van der Waals surface area contributed by atoms with Gasteiger partial charge < -0.3 is 15.7 Å². The number of piperidine rings is 1. The van der Waals surface area contributed by atoms with Crippen molar-refractivity contribution in [2.75, 3.05) is 18.0 Å². The maximum absolute atomic E-state index is 9.49. The molecule has 0 aliphatic carbocycles. The molecule has 1 fully saturated rings. The van der Waals surface area contributed by atoms with Crippen LogP contribution in [0.1, 0.15) is 31.1 Å². The van der Waals surface area contributed by atoms with Gasteiger partial charge in [0, 0.05) is 24.0 Å². The molecule has 0 amide bonds. The zero-order valence-electron chi connectivity index (χ0n) is 10.4. The molecule has 0 aromatic carbocycles. The number of thiophene rings is 1. The third-order valence-electron chi connectivity index (χ3n) is 3.41. The molecule has 3 nitrogen and oxygen atoms in total. The zero-order valence-corrected chi connectivity index (χ0v) is 11.2. The molecular formula is C13H22N2OS. The van der Waals surface area contributed by atoms with Crippen LogP contribution in [-0.2, 0) is 6.42 Å². The van der Waals surface area contributed by atoms with Crippen LogP contribution in [0.2, 0.25) is 0 Å². The summed E-state index contributed by atoms with van der Waals surface area (Å²) < 4.78 is 0. The SMILES string of the molecule is CCC(N)Cc1ccc(N2CCC(O)CC2)s1. The lowest BCUT2D eigenvalue weighted by Crippen LogP contribution is -2.35. The minimum Gasteiger partial charge on any atom is -0.393 e. The van der Waals surface area contributed by atoms with E-state index >= 15 is 0 Å². The largest absolute Gasteiger partial charge is 0.393 e. The molecule has 96 valence electrons. The number of aliphatic hydroxyl groups excluding tert-OH is 1. The minimum atomic E-state index is -0.0980. The molecule has 1 aromatic rings. The van der Waals surface area contributed by atoms with Gasteiger partial charge in [0.25, 0.3) is 0 Å². The first-order valence-electron chi connectivity index (χ1n) is 6.46. The quantitative estimate of drug-likeness (QED) is 0.864. The van der Waals surface area contributed by atoms with Gasteiger partial charge in [-0.25, -0.2) is 0 Å². The highest BCUT2D eigenvalue weighted by Gasteiger charge is 2.18. The van der Waals surface area contributed by atoms with E-state index in [2.05, 4.69) is 24.0 Å². The van der Waals surface area contributed by atoms with Crippen LogP contribution in [0.5, 0.6) is 0 Å². The number of hydrogen-bond donors (Lipinski definition) is 2. The van der Waals surface area contributed by atoms with Gasteiger partial charge in [-0.15, -0.1) is 11.3 Å². The Labute approximate surface area is 107 Å². The molecule has 1 unspecified atom stereocenters. The highest BCUT2D eigenvalue weighted by Crippen LogP contribution is 2.29. The number of rotatable bonds is 4. The second kappa shape index (κ2) is 5.85. The van der Waals surface area contributed by atoms with E-state index in [1.54, 1.807) is 0 Å². The van der Waals surface area contributed by atoms with E-state index in [0.29, 0.717) is 0 Å². The summed E-state index contributed by atoms with van der Waals surface area (Å²) in [6, 6.07) is 4.67. The molecule has 1 aliphatic rings. The van der Waals surface area contributed by atoms with E-state index in [1.807, 2.05) is 11.3 Å². The Bertz CT molecular complexity index is 345. The Morgan fingerprint density at radius 2 is 2.18 bits per heavy atom. The Morgan fingerprint density at radius 1 is 1.47 bits per heavy atom. The van der Waals surface area contributed by atoms with Crippen LogP contribution < -0.4 is 10.6 Å². The number of hydrogen-bond acceptors (Lipinski definition) is 4. The molecule has 0 bridgehead atoms. The maximum Gasteiger partial charge on any atom is 0.0911 e. The summed E-state index contributed by atoms with van der Waals surface area (Å²) in [4.78, 5) is 3.75. The van der Waals surface area contributed by atoms with Crippen LogP contribution in [-0.4, -0.2) is 30.3 Å². The molecule has 3 N–H and O–H groups in total. The molecule has 2 heterocycles. The predicted octanol–water partition coefficient (Wildman–Crippen LogP) is 1.99. The van der Waals surface area contributed by atoms with Crippen molar-refractivity contribution >= 4 is 16.3 Å². The monoisotopic (exact) mass is 254 g/mol. The van der Waals surface area contributed by atoms with E-state index in [9.17, 15) is 5.11 Å². The molecule has 0 radical (unpaired) electrons. The summed E-state index contributed by atoms with van der Waals surface area (Å²) in [5.41, 5.74) is 5.97. The maximum atomic E-state index is 9.49. The molecule has 1 aromatic heterocycles. The minimum absolute atomic E-state index is 0.0980. The van der Waals surface area contributed by atoms with Gasteiger partial charge in [-0.3, -0.25) is 0 Å². The zero-order chi connectivity index (χ0) is 12.3. The molecule has 0 spiro atoms. The van der Waals surface area contributed by atoms with Gasteiger partial charge in [0.05, 0.1) is 11.1 Å². The molecule has 17 heavy (non-hydrogen) atoms. The number of aliphatic hydroxyl groups is 1. The van der Waals surface area contributed by atoms with Crippen molar-refractivity contribution in [2.45, 2.75) is 44.8 Å². The molecular weight excluding hydrogens is 232 g/mol. The van der Waals surface area contributed by atoms with Crippen molar-refractivity contribution in [1.82, 2.24) is 0 Å². The lowest BCUT2D eigenvalue weighted by Gasteiger charge is -2.30. The average molecular weight is 254 g/mol. The van der Waals surface area contributed by atoms with Gasteiger partial charge >= 0.3 is 0 Å². The van der Waals surface area contributed by atoms with Crippen LogP contribution in [0.3, 0.4) is 0 Å². The first kappa shape index (κ1) is 12.9. The lowest BCUT2D eigenvalue weighted by molar-refractivity contribution is 0.145. The third kappa shape index (κ3) is 3.44. The van der Waals surface area contributed by atoms with Crippen molar-refractivity contribution in [2.24, 2.45) is 5.73 Å². The van der Waals surface area contributed by atoms with E-state index in [4.69, 9.17) is 5.73 Å². The normalized spacial score (nSPS) is 19.6. The summed E-state index contributed by atoms with van der Waals surface area (Å²) in [6.45, 7) is 4.08. The average Bonchev–Trinajstić information content (AvgIpc) is 2.78. The smallest absolute Gasteiger partial charge is 0.0911 e. The van der Waals surface area contributed by atoms with Gasteiger partial charge in [-0.1, -0.05) is 6.92 Å². The third-order valence-corrected chi connectivity index (χ3v) is 4.58. The van der Waals surface area contributed by atoms with Crippen molar-refractivity contribution in [3.63, 3.8) is 0 Å². The van der Waals surface area contributed by atoms with Crippen LogP contribution >= 0.6 is 11.3 Å². The highest BCUT2D eigenvalue weighted by atomic mass is 32.1. The van der Waals surface area contributed by atoms with Gasteiger partial charge in [0.2, 0.25) is 0 Å². The lowest BCUT2D eigenvalue weighted by atomic mass is 10.1. The van der Waals surface area contributed by atoms with E-state index in [-0.39, 0.29) is 12.1 Å². The molecule has 4 heteroatoms. The molecule has 1 aliphatic heterocycles. The first-order chi connectivity index (χ1) is 8.19. The van der Waals surface area contributed by atoms with Crippen molar-refractivity contribution in [1.29, 1.82) is 0 Å². The first-order valence-corrected chi connectivity index (χ1v) is 7.28. The summed E-state index contributed by atoms with van der Waals surface area (Å²) in [5.74, 6) is 0. The molecule has 1 saturated heterocycles. The van der Waals surface area contributed by atoms with Gasteiger partial charge in [-0.05, 0) is 37.8 Å². The summed E-state index contributed by atoms with van der Waals surface area (Å²) in [6.07, 6.45) is 3.70. The number of anilines is 1. The van der Waals surface area contributed by atoms with Gasteiger partial charge in [0.1, 0.15) is 0 Å². The number of nitrogens with zero attached hydrogens (tertiary/aromatic N) is 1. The number of nitrogens with two attached hydrogens (primary N) is 1. The fourth-order valence-corrected chi connectivity index (χ4v) is 3.29. The topological polar surface area (TPSA) is 49.5 Å². The predicted molar refractivity (Wildman–Crippen MR) is 73.7 cm³/mol. The molecule has 1 atom stereocenters. The fourth-order valence-electron chi connectivity index (χ4n) is 2.14. The van der Waals surface area contributed by atoms with Crippen LogP contribution in [0.15, 0.2) is 12.1 Å². The second-order valence-electron chi connectivity index (χ2n) is 4.83.